The Morgan fingerprint density at radius 1 is 1.25 bits per heavy atom. The van der Waals surface area contributed by atoms with Gasteiger partial charge in [0.15, 0.2) is 0 Å². The Labute approximate surface area is 97.8 Å². The maximum atomic E-state index is 5.60. The predicted octanol–water partition coefficient (Wildman–Crippen LogP) is 2.42. The second-order valence-corrected chi connectivity index (χ2v) is 4.06. The van der Waals surface area contributed by atoms with E-state index in [-0.39, 0.29) is 0 Å². The van der Waals surface area contributed by atoms with E-state index in [1.807, 2.05) is 24.3 Å². The van der Waals surface area contributed by atoms with Gasteiger partial charge < -0.3 is 10.5 Å². The molecule has 0 aliphatic heterocycles. The van der Waals surface area contributed by atoms with Crippen molar-refractivity contribution in [3.05, 3.63) is 29.8 Å². The molecule has 0 aliphatic carbocycles. The maximum Gasteiger partial charge on any atom is 0.119 e. The van der Waals surface area contributed by atoms with Gasteiger partial charge in [0.25, 0.3) is 0 Å². The van der Waals surface area contributed by atoms with Crippen LogP contribution in [0.2, 0.25) is 0 Å². The number of rotatable bonds is 4. The van der Waals surface area contributed by atoms with Gasteiger partial charge in [-0.15, -0.1) is 0 Å². The zero-order chi connectivity index (χ0) is 11.8. The van der Waals surface area contributed by atoms with Crippen LogP contribution in [0, 0.1) is 17.8 Å². The van der Waals surface area contributed by atoms with E-state index in [1.54, 1.807) is 0 Å². The standard InChI is InChI=1S/C14H19NO/c1-12(2)9-11-16-14-7-5-13(6-8-14)4-3-10-15/h5-8,12H,9-11,15H2,1-2H3. The van der Waals surface area contributed by atoms with Crippen molar-refractivity contribution in [2.45, 2.75) is 20.3 Å². The summed E-state index contributed by atoms with van der Waals surface area (Å²) in [6.45, 7) is 5.54. The highest BCUT2D eigenvalue weighted by atomic mass is 16.5. The van der Waals surface area contributed by atoms with Crippen LogP contribution in [0.4, 0.5) is 0 Å². The van der Waals surface area contributed by atoms with Crippen LogP contribution in [0.25, 0.3) is 0 Å². The van der Waals surface area contributed by atoms with E-state index in [0.29, 0.717) is 12.5 Å². The van der Waals surface area contributed by atoms with Gasteiger partial charge in [0.05, 0.1) is 13.2 Å². The molecule has 0 aliphatic rings. The predicted molar refractivity (Wildman–Crippen MR) is 67.3 cm³/mol. The summed E-state index contributed by atoms with van der Waals surface area (Å²) in [5.74, 6) is 7.37. The van der Waals surface area contributed by atoms with E-state index in [1.165, 1.54) is 0 Å². The molecule has 1 aromatic carbocycles. The normalized spacial score (nSPS) is 9.75. The van der Waals surface area contributed by atoms with Gasteiger partial charge in [-0.2, -0.15) is 0 Å². The summed E-state index contributed by atoms with van der Waals surface area (Å²) in [6.07, 6.45) is 1.08. The van der Waals surface area contributed by atoms with Crippen molar-refractivity contribution in [2.24, 2.45) is 11.7 Å². The Morgan fingerprint density at radius 2 is 1.94 bits per heavy atom. The smallest absolute Gasteiger partial charge is 0.119 e. The molecule has 2 heteroatoms. The molecule has 2 nitrogen and oxygen atoms in total. The third kappa shape index (κ3) is 4.86. The summed E-state index contributed by atoms with van der Waals surface area (Å²) in [7, 11) is 0. The molecule has 0 fully saturated rings. The fourth-order valence-corrected chi connectivity index (χ4v) is 1.20. The molecule has 0 atom stereocenters. The molecular formula is C14H19NO. The first kappa shape index (κ1) is 12.6. The minimum absolute atomic E-state index is 0.395. The quantitative estimate of drug-likeness (QED) is 0.786. The van der Waals surface area contributed by atoms with E-state index in [9.17, 15) is 0 Å². The number of nitrogens with two attached hydrogens (primary N) is 1. The molecule has 0 amide bonds. The Balaban J connectivity index is 2.45. The van der Waals surface area contributed by atoms with E-state index in [4.69, 9.17) is 10.5 Å². The van der Waals surface area contributed by atoms with Gasteiger partial charge in [-0.3, -0.25) is 0 Å². The summed E-state index contributed by atoms with van der Waals surface area (Å²) >= 11 is 0. The van der Waals surface area contributed by atoms with Gasteiger partial charge in [0.2, 0.25) is 0 Å². The first-order chi connectivity index (χ1) is 7.72. The van der Waals surface area contributed by atoms with Crippen molar-refractivity contribution in [2.75, 3.05) is 13.2 Å². The summed E-state index contributed by atoms with van der Waals surface area (Å²) in [6, 6.07) is 7.79. The number of hydrogen-bond acceptors (Lipinski definition) is 2. The number of hydrogen-bond donors (Lipinski definition) is 1. The van der Waals surface area contributed by atoms with Gasteiger partial charge in [0.1, 0.15) is 5.75 Å². The van der Waals surface area contributed by atoms with Crippen LogP contribution in [0.1, 0.15) is 25.8 Å². The molecule has 0 radical (unpaired) electrons. The van der Waals surface area contributed by atoms with Gasteiger partial charge in [-0.25, -0.2) is 0 Å². The zero-order valence-electron chi connectivity index (χ0n) is 9.99. The Morgan fingerprint density at radius 3 is 2.50 bits per heavy atom. The first-order valence-corrected chi connectivity index (χ1v) is 5.64. The van der Waals surface area contributed by atoms with Gasteiger partial charge >= 0.3 is 0 Å². The third-order valence-corrected chi connectivity index (χ3v) is 2.15. The highest BCUT2D eigenvalue weighted by Gasteiger charge is 1.96. The van der Waals surface area contributed by atoms with Crippen LogP contribution >= 0.6 is 0 Å². The van der Waals surface area contributed by atoms with Crippen molar-refractivity contribution in [3.63, 3.8) is 0 Å². The topological polar surface area (TPSA) is 35.2 Å². The average Bonchev–Trinajstić information content (AvgIpc) is 2.27. The second-order valence-electron chi connectivity index (χ2n) is 4.06. The van der Waals surface area contributed by atoms with Gasteiger partial charge in [-0.1, -0.05) is 25.7 Å². The van der Waals surface area contributed by atoms with Crippen molar-refractivity contribution in [1.82, 2.24) is 0 Å². The third-order valence-electron chi connectivity index (χ3n) is 2.15. The second kappa shape index (κ2) is 6.92. The van der Waals surface area contributed by atoms with Crippen LogP contribution in [-0.4, -0.2) is 13.2 Å². The molecule has 2 N–H and O–H groups in total. The Kier molecular flexibility index (Phi) is 5.45. The number of benzene rings is 1. The van der Waals surface area contributed by atoms with Gasteiger partial charge in [-0.05, 0) is 36.6 Å². The van der Waals surface area contributed by atoms with Crippen LogP contribution in [-0.2, 0) is 0 Å². The Bertz CT molecular complexity index is 357. The van der Waals surface area contributed by atoms with Crippen LogP contribution in [0.15, 0.2) is 24.3 Å². The van der Waals surface area contributed by atoms with E-state index in [0.717, 1.165) is 24.3 Å². The summed E-state index contributed by atoms with van der Waals surface area (Å²) in [4.78, 5) is 0. The molecule has 0 aromatic heterocycles. The van der Waals surface area contributed by atoms with Crippen LogP contribution in [0.3, 0.4) is 0 Å². The summed E-state index contributed by atoms with van der Waals surface area (Å²) in [5, 5.41) is 0. The minimum atomic E-state index is 0.395. The molecule has 0 spiro atoms. The monoisotopic (exact) mass is 217 g/mol. The lowest BCUT2D eigenvalue weighted by Crippen LogP contribution is -2.01. The molecule has 0 bridgehead atoms. The van der Waals surface area contributed by atoms with E-state index < -0.39 is 0 Å². The molecule has 86 valence electrons. The summed E-state index contributed by atoms with van der Waals surface area (Å²) < 4.78 is 5.60. The lowest BCUT2D eigenvalue weighted by molar-refractivity contribution is 0.289. The molecule has 1 aromatic rings. The Hall–Kier alpha value is -1.46. The van der Waals surface area contributed by atoms with Crippen LogP contribution in [0.5, 0.6) is 5.75 Å². The fourth-order valence-electron chi connectivity index (χ4n) is 1.20. The zero-order valence-corrected chi connectivity index (χ0v) is 9.99. The molecule has 1 rings (SSSR count). The van der Waals surface area contributed by atoms with Crippen LogP contribution < -0.4 is 10.5 Å². The lowest BCUT2D eigenvalue weighted by Gasteiger charge is -2.07. The SMILES string of the molecule is CC(C)CCOc1ccc(C#CCN)cc1. The van der Waals surface area contributed by atoms with Gasteiger partial charge in [0, 0.05) is 5.56 Å². The minimum Gasteiger partial charge on any atom is -0.494 e. The largest absolute Gasteiger partial charge is 0.494 e. The molecular weight excluding hydrogens is 198 g/mol. The van der Waals surface area contributed by atoms with Crippen molar-refractivity contribution in [1.29, 1.82) is 0 Å². The summed E-state index contributed by atoms with van der Waals surface area (Å²) in [5.41, 5.74) is 6.28. The highest BCUT2D eigenvalue weighted by Crippen LogP contribution is 2.12. The van der Waals surface area contributed by atoms with Crippen molar-refractivity contribution in [3.8, 4) is 17.6 Å². The maximum absolute atomic E-state index is 5.60. The van der Waals surface area contributed by atoms with Crippen molar-refractivity contribution < 1.29 is 4.74 Å². The number of ether oxygens (including phenoxy) is 1. The van der Waals surface area contributed by atoms with E-state index in [2.05, 4.69) is 25.7 Å². The lowest BCUT2D eigenvalue weighted by atomic mass is 10.1. The molecule has 0 heterocycles. The molecule has 0 saturated heterocycles. The van der Waals surface area contributed by atoms with E-state index >= 15 is 0 Å². The fraction of sp³-hybridized carbons (Fsp3) is 0.429. The molecule has 0 saturated carbocycles. The highest BCUT2D eigenvalue weighted by molar-refractivity contribution is 5.38. The average molecular weight is 217 g/mol. The molecule has 16 heavy (non-hydrogen) atoms. The molecule has 0 unspecified atom stereocenters. The first-order valence-electron chi connectivity index (χ1n) is 5.64. The van der Waals surface area contributed by atoms with Crippen molar-refractivity contribution >= 4 is 0 Å².